The maximum atomic E-state index is 9.39. The lowest BCUT2D eigenvalue weighted by Gasteiger charge is -2.24. The van der Waals surface area contributed by atoms with Crippen molar-refractivity contribution in [1.29, 1.82) is 0 Å². The highest BCUT2D eigenvalue weighted by Gasteiger charge is 2.19. The number of hydrogen-bond donors (Lipinski definition) is 3. The largest absolute Gasteiger partial charge is 0.393 e. The van der Waals surface area contributed by atoms with E-state index in [0.29, 0.717) is 18.9 Å². The lowest BCUT2D eigenvalue weighted by atomic mass is 9.87. The van der Waals surface area contributed by atoms with Crippen LogP contribution in [0.4, 0.5) is 5.69 Å². The fourth-order valence-electron chi connectivity index (χ4n) is 1.87. The molecule has 0 aromatic heterocycles. The van der Waals surface area contributed by atoms with E-state index in [1.165, 1.54) is 0 Å². The quantitative estimate of drug-likeness (QED) is 0.553. The summed E-state index contributed by atoms with van der Waals surface area (Å²) in [4.78, 5) is 4.32. The van der Waals surface area contributed by atoms with Gasteiger partial charge in [0.25, 0.3) is 0 Å². The number of benzene rings is 1. The standard InChI is InChI=1S/C14H23N3O/c1-11(18)9-14(2,3)10-16-13(15)17-12-7-5-4-6-8-12/h4-8,11,18H,9-10H2,1-3H3,(H3,15,16,17). The minimum atomic E-state index is -0.321. The Morgan fingerprint density at radius 2 is 2.00 bits per heavy atom. The first-order valence-corrected chi connectivity index (χ1v) is 6.19. The van der Waals surface area contributed by atoms with Crippen molar-refractivity contribution >= 4 is 11.6 Å². The number of hydrogen-bond acceptors (Lipinski definition) is 2. The molecule has 100 valence electrons. The van der Waals surface area contributed by atoms with E-state index >= 15 is 0 Å². The Morgan fingerprint density at radius 3 is 2.56 bits per heavy atom. The van der Waals surface area contributed by atoms with Gasteiger partial charge in [-0.15, -0.1) is 0 Å². The van der Waals surface area contributed by atoms with Gasteiger partial charge in [-0.2, -0.15) is 0 Å². The fourth-order valence-corrected chi connectivity index (χ4v) is 1.87. The Kier molecular flexibility index (Phi) is 5.16. The van der Waals surface area contributed by atoms with Crippen LogP contribution in [0.2, 0.25) is 0 Å². The Balaban J connectivity index is 2.52. The molecular weight excluding hydrogens is 226 g/mol. The molecule has 1 rings (SSSR count). The molecule has 0 amide bonds. The van der Waals surface area contributed by atoms with Crippen LogP contribution in [0.25, 0.3) is 0 Å². The third-order valence-corrected chi connectivity index (χ3v) is 2.57. The van der Waals surface area contributed by atoms with Gasteiger partial charge in [-0.1, -0.05) is 32.0 Å². The third-order valence-electron chi connectivity index (χ3n) is 2.57. The molecule has 0 aliphatic heterocycles. The summed E-state index contributed by atoms with van der Waals surface area (Å²) in [5.41, 5.74) is 6.68. The molecule has 4 nitrogen and oxygen atoms in total. The highest BCUT2D eigenvalue weighted by Crippen LogP contribution is 2.22. The zero-order chi connectivity index (χ0) is 13.6. The summed E-state index contributed by atoms with van der Waals surface area (Å²) < 4.78 is 0. The number of para-hydroxylation sites is 1. The first kappa shape index (κ1) is 14.5. The number of nitrogens with two attached hydrogens (primary N) is 1. The second kappa shape index (κ2) is 6.40. The average Bonchev–Trinajstić information content (AvgIpc) is 2.26. The van der Waals surface area contributed by atoms with E-state index in [4.69, 9.17) is 5.73 Å². The normalized spacial score (nSPS) is 14.3. The van der Waals surface area contributed by atoms with Gasteiger partial charge in [0, 0.05) is 12.2 Å². The number of aliphatic imine (C=N–C) groups is 1. The fraction of sp³-hybridized carbons (Fsp3) is 0.500. The lowest BCUT2D eigenvalue weighted by molar-refractivity contribution is 0.133. The van der Waals surface area contributed by atoms with E-state index in [9.17, 15) is 5.11 Å². The van der Waals surface area contributed by atoms with Crippen LogP contribution < -0.4 is 11.1 Å². The minimum absolute atomic E-state index is 0.0584. The van der Waals surface area contributed by atoms with E-state index in [0.717, 1.165) is 5.69 Å². The van der Waals surface area contributed by atoms with Gasteiger partial charge in [-0.05, 0) is 30.9 Å². The molecule has 0 bridgehead atoms. The third kappa shape index (κ3) is 5.68. The molecule has 0 heterocycles. The summed E-state index contributed by atoms with van der Waals surface area (Å²) in [6, 6.07) is 9.69. The van der Waals surface area contributed by atoms with Crippen molar-refractivity contribution in [2.24, 2.45) is 16.1 Å². The molecule has 1 aromatic carbocycles. The van der Waals surface area contributed by atoms with E-state index in [1.54, 1.807) is 6.92 Å². The van der Waals surface area contributed by atoms with Crippen LogP contribution >= 0.6 is 0 Å². The van der Waals surface area contributed by atoms with E-state index in [1.807, 2.05) is 30.3 Å². The summed E-state index contributed by atoms with van der Waals surface area (Å²) in [6.07, 6.45) is 0.383. The highest BCUT2D eigenvalue weighted by atomic mass is 16.3. The highest BCUT2D eigenvalue weighted by molar-refractivity contribution is 5.92. The molecule has 0 fully saturated rings. The molecule has 4 heteroatoms. The van der Waals surface area contributed by atoms with Crippen molar-refractivity contribution in [3.8, 4) is 0 Å². The number of rotatable bonds is 5. The van der Waals surface area contributed by atoms with Crippen LogP contribution in [-0.4, -0.2) is 23.7 Å². The molecule has 1 unspecified atom stereocenters. The maximum Gasteiger partial charge on any atom is 0.193 e. The monoisotopic (exact) mass is 249 g/mol. The van der Waals surface area contributed by atoms with E-state index < -0.39 is 0 Å². The number of aliphatic hydroxyl groups is 1. The molecule has 1 aromatic rings. The number of nitrogens with one attached hydrogen (secondary N) is 1. The second-order valence-electron chi connectivity index (χ2n) is 5.41. The molecule has 0 radical (unpaired) electrons. The summed E-state index contributed by atoms with van der Waals surface area (Å²) >= 11 is 0. The molecule has 0 spiro atoms. The molecule has 18 heavy (non-hydrogen) atoms. The Bertz CT molecular complexity index is 385. The van der Waals surface area contributed by atoms with Crippen LogP contribution in [-0.2, 0) is 0 Å². The molecule has 1 atom stereocenters. The average molecular weight is 249 g/mol. The lowest BCUT2D eigenvalue weighted by Crippen LogP contribution is -2.27. The van der Waals surface area contributed by atoms with E-state index in [-0.39, 0.29) is 11.5 Å². The van der Waals surface area contributed by atoms with Crippen molar-refractivity contribution in [1.82, 2.24) is 0 Å². The summed E-state index contributed by atoms with van der Waals surface area (Å²) in [5.74, 6) is 0.403. The maximum absolute atomic E-state index is 9.39. The van der Waals surface area contributed by atoms with Gasteiger partial charge < -0.3 is 16.2 Å². The summed E-state index contributed by atoms with van der Waals surface area (Å²) in [5, 5.41) is 12.4. The number of aliphatic hydroxyl groups excluding tert-OH is 1. The molecule has 0 saturated carbocycles. The van der Waals surface area contributed by atoms with Crippen molar-refractivity contribution in [3.63, 3.8) is 0 Å². The zero-order valence-corrected chi connectivity index (χ0v) is 11.4. The molecule has 0 aliphatic carbocycles. The van der Waals surface area contributed by atoms with Crippen molar-refractivity contribution in [3.05, 3.63) is 30.3 Å². The Morgan fingerprint density at radius 1 is 1.39 bits per heavy atom. The van der Waals surface area contributed by atoms with Crippen LogP contribution in [0.1, 0.15) is 27.2 Å². The van der Waals surface area contributed by atoms with Crippen molar-refractivity contribution in [2.45, 2.75) is 33.3 Å². The van der Waals surface area contributed by atoms with Gasteiger partial charge in [0.1, 0.15) is 0 Å². The SMILES string of the molecule is CC(O)CC(C)(C)CN=C(N)Nc1ccccc1. The minimum Gasteiger partial charge on any atom is -0.393 e. The van der Waals surface area contributed by atoms with E-state index in [2.05, 4.69) is 24.2 Å². The number of anilines is 1. The first-order valence-electron chi connectivity index (χ1n) is 6.19. The number of nitrogens with zero attached hydrogens (tertiary/aromatic N) is 1. The van der Waals surface area contributed by atoms with Crippen LogP contribution in [0.3, 0.4) is 0 Å². The zero-order valence-electron chi connectivity index (χ0n) is 11.4. The predicted octanol–water partition coefficient (Wildman–Crippen LogP) is 2.21. The first-order chi connectivity index (χ1) is 8.39. The summed E-state index contributed by atoms with van der Waals surface area (Å²) in [7, 11) is 0. The summed E-state index contributed by atoms with van der Waals surface area (Å²) in [6.45, 7) is 6.51. The van der Waals surface area contributed by atoms with Gasteiger partial charge in [0.05, 0.1) is 6.10 Å². The van der Waals surface area contributed by atoms with Crippen LogP contribution in [0.5, 0.6) is 0 Å². The molecule has 0 saturated heterocycles. The van der Waals surface area contributed by atoms with Gasteiger partial charge in [-0.25, -0.2) is 0 Å². The van der Waals surface area contributed by atoms with Crippen LogP contribution in [0.15, 0.2) is 35.3 Å². The van der Waals surface area contributed by atoms with Crippen molar-refractivity contribution in [2.75, 3.05) is 11.9 Å². The Hall–Kier alpha value is -1.55. The topological polar surface area (TPSA) is 70.6 Å². The number of guanidine groups is 1. The molecule has 0 aliphatic rings. The van der Waals surface area contributed by atoms with Gasteiger partial charge in [0.2, 0.25) is 0 Å². The van der Waals surface area contributed by atoms with Crippen molar-refractivity contribution < 1.29 is 5.11 Å². The van der Waals surface area contributed by atoms with Gasteiger partial charge in [-0.3, -0.25) is 4.99 Å². The second-order valence-corrected chi connectivity index (χ2v) is 5.41. The Labute approximate surface area is 109 Å². The smallest absolute Gasteiger partial charge is 0.193 e. The molecular formula is C14H23N3O. The predicted molar refractivity (Wildman–Crippen MR) is 76.6 cm³/mol. The van der Waals surface area contributed by atoms with Gasteiger partial charge in [0.15, 0.2) is 5.96 Å². The van der Waals surface area contributed by atoms with Crippen LogP contribution in [0, 0.1) is 5.41 Å². The van der Waals surface area contributed by atoms with Gasteiger partial charge >= 0.3 is 0 Å². The molecule has 4 N–H and O–H groups in total.